The van der Waals surface area contributed by atoms with Crippen molar-refractivity contribution < 1.29 is 23.8 Å². The second-order valence-corrected chi connectivity index (χ2v) is 10.2. The number of anilines is 1. The van der Waals surface area contributed by atoms with Crippen molar-refractivity contribution in [3.8, 4) is 28.7 Å². The number of aromatic nitrogens is 3. The molecule has 1 amide bonds. The number of amides is 1. The summed E-state index contributed by atoms with van der Waals surface area (Å²) in [5.41, 5.74) is 1.33. The number of carbonyl (C=O) groups is 2. The molecule has 0 radical (unpaired) electrons. The van der Waals surface area contributed by atoms with Gasteiger partial charge in [-0.2, -0.15) is 0 Å². The van der Waals surface area contributed by atoms with E-state index in [1.165, 1.54) is 16.8 Å². The van der Waals surface area contributed by atoms with Crippen molar-refractivity contribution in [2.45, 2.75) is 19.3 Å². The molecule has 0 spiro atoms. The van der Waals surface area contributed by atoms with Crippen molar-refractivity contribution in [2.24, 2.45) is 0 Å². The molecule has 0 bridgehead atoms. The summed E-state index contributed by atoms with van der Waals surface area (Å²) in [6.07, 6.45) is 4.56. The zero-order chi connectivity index (χ0) is 30.1. The summed E-state index contributed by atoms with van der Waals surface area (Å²) in [5.74, 6) is 1.38. The molecule has 1 aliphatic carbocycles. The molecule has 0 saturated carbocycles. The van der Waals surface area contributed by atoms with Crippen LogP contribution >= 0.6 is 11.6 Å². The Morgan fingerprint density at radius 1 is 0.930 bits per heavy atom. The van der Waals surface area contributed by atoms with Gasteiger partial charge in [-0.1, -0.05) is 17.7 Å². The maximum atomic E-state index is 13.6. The Bertz CT molecular complexity index is 1960. The van der Waals surface area contributed by atoms with Gasteiger partial charge in [-0.3, -0.25) is 23.9 Å². The molecule has 0 aliphatic heterocycles. The lowest BCUT2D eigenvalue weighted by atomic mass is 9.92. The minimum atomic E-state index is -0.690. The summed E-state index contributed by atoms with van der Waals surface area (Å²) in [5, 5.41) is 3.80. The predicted octanol–water partition coefficient (Wildman–Crippen LogP) is 6.01. The van der Waals surface area contributed by atoms with Gasteiger partial charge in [0.2, 0.25) is 0 Å². The quantitative estimate of drug-likeness (QED) is 0.242. The van der Waals surface area contributed by atoms with Crippen LogP contribution in [-0.2, 0) is 6.42 Å². The normalized spacial score (nSPS) is 12.5. The molecule has 43 heavy (non-hydrogen) atoms. The van der Waals surface area contributed by atoms with Gasteiger partial charge in [0.05, 0.1) is 31.6 Å². The van der Waals surface area contributed by atoms with E-state index in [4.69, 9.17) is 25.8 Å². The molecule has 0 atom stereocenters. The number of methoxy groups -OCH3 is 2. The number of halogens is 1. The van der Waals surface area contributed by atoms with E-state index in [2.05, 4.69) is 15.3 Å². The fraction of sp³-hybridized carbons (Fsp3) is 0.156. The number of ether oxygens (including phenoxy) is 3. The number of nitrogens with zero attached hydrogens (tertiary/aromatic N) is 3. The molecule has 0 saturated heterocycles. The van der Waals surface area contributed by atoms with E-state index in [1.54, 1.807) is 75.0 Å². The summed E-state index contributed by atoms with van der Waals surface area (Å²) in [7, 11) is 3.10. The van der Waals surface area contributed by atoms with Gasteiger partial charge in [0, 0.05) is 40.4 Å². The van der Waals surface area contributed by atoms with Crippen molar-refractivity contribution in [1.82, 2.24) is 14.5 Å². The molecule has 11 heteroatoms. The highest BCUT2D eigenvalue weighted by Gasteiger charge is 2.26. The first kappa shape index (κ1) is 27.9. The highest BCUT2D eigenvalue weighted by molar-refractivity contribution is 6.30. The van der Waals surface area contributed by atoms with Crippen LogP contribution in [0.1, 0.15) is 39.3 Å². The summed E-state index contributed by atoms with van der Waals surface area (Å²) < 4.78 is 18.2. The fourth-order valence-corrected chi connectivity index (χ4v) is 5.29. The third kappa shape index (κ3) is 5.40. The van der Waals surface area contributed by atoms with Crippen molar-refractivity contribution in [2.75, 3.05) is 19.5 Å². The Balaban J connectivity index is 1.28. The lowest BCUT2D eigenvalue weighted by Gasteiger charge is -2.21. The first-order valence-corrected chi connectivity index (χ1v) is 13.8. The van der Waals surface area contributed by atoms with Crippen molar-refractivity contribution in [3.05, 3.63) is 105 Å². The van der Waals surface area contributed by atoms with E-state index in [-0.39, 0.29) is 17.2 Å². The van der Waals surface area contributed by atoms with Crippen LogP contribution in [0.4, 0.5) is 5.82 Å². The van der Waals surface area contributed by atoms with Crippen molar-refractivity contribution in [3.63, 3.8) is 0 Å². The van der Waals surface area contributed by atoms with Crippen LogP contribution in [-0.4, -0.2) is 40.4 Å². The van der Waals surface area contributed by atoms with E-state index in [0.29, 0.717) is 75.1 Å². The number of nitrogens with one attached hydrogen (secondary N) is 1. The van der Waals surface area contributed by atoms with Gasteiger partial charge in [-0.25, -0.2) is 4.98 Å². The average Bonchev–Trinajstić information content (AvgIpc) is 3.01. The van der Waals surface area contributed by atoms with Crippen LogP contribution in [0.2, 0.25) is 5.02 Å². The number of hydrogen-bond donors (Lipinski definition) is 1. The van der Waals surface area contributed by atoms with E-state index in [0.717, 1.165) is 0 Å². The number of pyridine rings is 3. The Labute approximate surface area is 250 Å². The highest BCUT2D eigenvalue weighted by atomic mass is 35.5. The van der Waals surface area contributed by atoms with Crippen LogP contribution in [0.25, 0.3) is 16.6 Å². The van der Waals surface area contributed by atoms with Crippen LogP contribution in [0, 0.1) is 0 Å². The van der Waals surface area contributed by atoms with Gasteiger partial charge in [-0.15, -0.1) is 0 Å². The Morgan fingerprint density at radius 3 is 2.49 bits per heavy atom. The molecule has 1 N–H and O–H groups in total. The molecular formula is C32H25ClN4O6. The zero-order valence-corrected chi connectivity index (χ0v) is 24.0. The van der Waals surface area contributed by atoms with E-state index in [1.807, 2.05) is 0 Å². The van der Waals surface area contributed by atoms with Gasteiger partial charge in [0.25, 0.3) is 11.5 Å². The molecule has 216 valence electrons. The van der Waals surface area contributed by atoms with Crippen molar-refractivity contribution >= 4 is 40.0 Å². The summed E-state index contributed by atoms with van der Waals surface area (Å²) in [6.45, 7) is 0. The van der Waals surface area contributed by atoms with E-state index < -0.39 is 11.5 Å². The molecule has 5 aromatic rings. The standard InChI is InChI=1S/C32H25ClN4O6/c1-41-28-15-21-24(16-29(28)42-2)34-12-11-27(21)43-20-9-10-30(35-17-20)36-31(39)23-14-22-25(7-4-8-26(22)38)37(32(23)40)19-6-3-5-18(33)13-19/h3,5-6,9-17H,4,7-8H2,1-2H3,(H,35,36,39). The summed E-state index contributed by atoms with van der Waals surface area (Å²) in [4.78, 5) is 48.5. The van der Waals surface area contributed by atoms with Crippen LogP contribution in [0.3, 0.4) is 0 Å². The van der Waals surface area contributed by atoms with Gasteiger partial charge >= 0.3 is 0 Å². The number of ketones is 1. The molecule has 6 rings (SSSR count). The fourth-order valence-electron chi connectivity index (χ4n) is 5.10. The van der Waals surface area contributed by atoms with Crippen LogP contribution in [0.15, 0.2) is 77.9 Å². The number of fused-ring (bicyclic) bond motifs is 2. The SMILES string of the molecule is COc1cc2nccc(Oc3ccc(NC(=O)c4cc5c(n(-c6cccc(Cl)c6)c4=O)CCCC5=O)nc3)c2cc1OC. The molecule has 0 fully saturated rings. The topological polar surface area (TPSA) is 122 Å². The molecule has 3 heterocycles. The second kappa shape index (κ2) is 11.6. The van der Waals surface area contributed by atoms with Gasteiger partial charge in [0.15, 0.2) is 17.3 Å². The monoisotopic (exact) mass is 596 g/mol. The first-order chi connectivity index (χ1) is 20.9. The van der Waals surface area contributed by atoms with E-state index >= 15 is 0 Å². The van der Waals surface area contributed by atoms with Gasteiger partial charge in [-0.05, 0) is 61.4 Å². The maximum Gasteiger partial charge on any atom is 0.268 e. The van der Waals surface area contributed by atoms with Crippen LogP contribution < -0.4 is 25.1 Å². The Hall–Kier alpha value is -5.22. The lowest BCUT2D eigenvalue weighted by Crippen LogP contribution is -2.33. The largest absolute Gasteiger partial charge is 0.493 e. The lowest BCUT2D eigenvalue weighted by molar-refractivity contribution is 0.0971. The molecular weight excluding hydrogens is 572 g/mol. The number of benzene rings is 2. The minimum Gasteiger partial charge on any atom is -0.493 e. The molecule has 0 unspecified atom stereocenters. The number of Topliss-reactive ketones (excluding diaryl/α,β-unsaturated/α-hetero) is 1. The zero-order valence-electron chi connectivity index (χ0n) is 23.2. The first-order valence-electron chi connectivity index (χ1n) is 13.4. The second-order valence-electron chi connectivity index (χ2n) is 9.78. The maximum absolute atomic E-state index is 13.6. The van der Waals surface area contributed by atoms with Gasteiger partial charge < -0.3 is 19.5 Å². The number of rotatable bonds is 7. The third-order valence-electron chi connectivity index (χ3n) is 7.14. The van der Waals surface area contributed by atoms with Crippen LogP contribution in [0.5, 0.6) is 23.0 Å². The molecule has 1 aliphatic rings. The summed E-state index contributed by atoms with van der Waals surface area (Å²) >= 11 is 6.19. The van der Waals surface area contributed by atoms with Crippen molar-refractivity contribution in [1.29, 1.82) is 0 Å². The molecule has 10 nitrogen and oxygen atoms in total. The number of carbonyl (C=O) groups excluding carboxylic acids is 2. The van der Waals surface area contributed by atoms with E-state index in [9.17, 15) is 14.4 Å². The smallest absolute Gasteiger partial charge is 0.268 e. The predicted molar refractivity (Wildman–Crippen MR) is 161 cm³/mol. The molecule has 2 aromatic carbocycles. The average molecular weight is 597 g/mol. The minimum absolute atomic E-state index is 0.120. The third-order valence-corrected chi connectivity index (χ3v) is 7.38. The highest BCUT2D eigenvalue weighted by Crippen LogP contribution is 2.37. The Kier molecular flexibility index (Phi) is 7.52. The Morgan fingerprint density at radius 2 is 1.74 bits per heavy atom. The number of hydrogen-bond acceptors (Lipinski definition) is 8. The summed E-state index contributed by atoms with van der Waals surface area (Å²) in [6, 6.07) is 16.6. The van der Waals surface area contributed by atoms with Gasteiger partial charge in [0.1, 0.15) is 22.9 Å². The molecule has 3 aromatic heterocycles.